The number of fused-ring (bicyclic) bond motifs is 1. The largest absolute Gasteiger partial charge is 0.406 e. The van der Waals surface area contributed by atoms with Gasteiger partial charge in [0.25, 0.3) is 0 Å². The van der Waals surface area contributed by atoms with E-state index in [2.05, 4.69) is 15.3 Å². The molecule has 0 saturated carbocycles. The number of aromatic amines is 1. The highest BCUT2D eigenvalue weighted by atomic mass is 35.5. The maximum atomic E-state index is 12.5. The summed E-state index contributed by atoms with van der Waals surface area (Å²) in [5.74, 6) is -1.45. The summed E-state index contributed by atoms with van der Waals surface area (Å²) in [5.41, 5.74) is 2.50. The Labute approximate surface area is 174 Å². The summed E-state index contributed by atoms with van der Waals surface area (Å²) in [6, 6.07) is 12.2. The average molecular weight is 437 g/mol. The summed E-state index contributed by atoms with van der Waals surface area (Å²) in [6.07, 6.45) is -4.74. The summed E-state index contributed by atoms with van der Waals surface area (Å²) >= 11 is 6.20. The maximum Gasteiger partial charge on any atom is 0.406 e. The molecule has 2 amide bonds. The lowest BCUT2D eigenvalue weighted by Crippen LogP contribution is -2.36. The van der Waals surface area contributed by atoms with Gasteiger partial charge in [-0.3, -0.25) is 9.59 Å². The molecule has 30 heavy (non-hydrogen) atoms. The lowest BCUT2D eigenvalue weighted by Gasteiger charge is -2.18. The van der Waals surface area contributed by atoms with Gasteiger partial charge in [-0.15, -0.1) is 0 Å². The molecule has 1 atom stereocenters. The van der Waals surface area contributed by atoms with E-state index in [-0.39, 0.29) is 13.0 Å². The fourth-order valence-electron chi connectivity index (χ4n) is 3.43. The molecule has 1 aliphatic heterocycles. The second-order valence-electron chi connectivity index (χ2n) is 7.08. The molecule has 1 saturated heterocycles. The summed E-state index contributed by atoms with van der Waals surface area (Å²) in [7, 11) is 0. The van der Waals surface area contributed by atoms with Gasteiger partial charge in [0.15, 0.2) is 0 Å². The van der Waals surface area contributed by atoms with Crippen molar-refractivity contribution in [1.82, 2.24) is 14.9 Å². The molecule has 0 aliphatic carbocycles. The summed E-state index contributed by atoms with van der Waals surface area (Å²) < 4.78 is 37.6. The fraction of sp³-hybridized carbons (Fsp3) is 0.250. The highest BCUT2D eigenvalue weighted by molar-refractivity contribution is 6.33. The van der Waals surface area contributed by atoms with Crippen molar-refractivity contribution in [3.63, 3.8) is 0 Å². The van der Waals surface area contributed by atoms with Gasteiger partial charge in [0.05, 0.1) is 22.0 Å². The Hall–Kier alpha value is -3.07. The zero-order valence-electron chi connectivity index (χ0n) is 15.5. The summed E-state index contributed by atoms with van der Waals surface area (Å²) in [5, 5.41) is 3.21. The van der Waals surface area contributed by atoms with Crippen LogP contribution in [0.5, 0.6) is 0 Å². The van der Waals surface area contributed by atoms with Crippen molar-refractivity contribution in [2.45, 2.75) is 12.6 Å². The predicted octanol–water partition coefficient (Wildman–Crippen LogP) is 4.23. The number of anilines is 1. The number of aromatic nitrogens is 2. The van der Waals surface area contributed by atoms with E-state index >= 15 is 0 Å². The second-order valence-corrected chi connectivity index (χ2v) is 7.48. The van der Waals surface area contributed by atoms with E-state index in [4.69, 9.17) is 11.6 Å². The van der Waals surface area contributed by atoms with Gasteiger partial charge in [0, 0.05) is 24.2 Å². The molecule has 4 rings (SSSR count). The highest BCUT2D eigenvalue weighted by Crippen LogP contribution is 2.29. The first kappa shape index (κ1) is 20.2. The molecule has 1 aromatic heterocycles. The van der Waals surface area contributed by atoms with Crippen LogP contribution < -0.4 is 5.32 Å². The first-order chi connectivity index (χ1) is 14.2. The van der Waals surface area contributed by atoms with Gasteiger partial charge in [-0.1, -0.05) is 23.7 Å². The molecule has 1 aliphatic rings. The SMILES string of the molecule is O=C(Nc1ccc2nc(-c3ccccc3Cl)[nH]c2c1)C1CC(=O)N(CC(F)(F)F)C1. The average Bonchev–Trinajstić information content (AvgIpc) is 3.24. The van der Waals surface area contributed by atoms with E-state index in [9.17, 15) is 22.8 Å². The van der Waals surface area contributed by atoms with Crippen LogP contribution in [0.25, 0.3) is 22.4 Å². The van der Waals surface area contributed by atoms with Crippen LogP contribution in [0.2, 0.25) is 5.02 Å². The zero-order valence-corrected chi connectivity index (χ0v) is 16.2. The number of alkyl halides is 3. The number of nitrogens with zero attached hydrogens (tertiary/aromatic N) is 2. The smallest absolute Gasteiger partial charge is 0.338 e. The van der Waals surface area contributed by atoms with Crippen LogP contribution in [0.1, 0.15) is 6.42 Å². The number of hydrogen-bond donors (Lipinski definition) is 2. The van der Waals surface area contributed by atoms with Gasteiger partial charge in [-0.05, 0) is 30.3 Å². The Balaban J connectivity index is 1.48. The van der Waals surface area contributed by atoms with E-state index < -0.39 is 30.5 Å². The molecular formula is C20H16ClF3N4O2. The minimum atomic E-state index is -4.49. The molecule has 3 aromatic rings. The molecule has 1 unspecified atom stereocenters. The number of H-pyrrole nitrogens is 1. The number of benzene rings is 2. The summed E-state index contributed by atoms with van der Waals surface area (Å²) in [4.78, 5) is 32.5. The van der Waals surface area contributed by atoms with Crippen LogP contribution in [0, 0.1) is 5.92 Å². The minimum Gasteiger partial charge on any atom is -0.338 e. The highest BCUT2D eigenvalue weighted by Gasteiger charge is 2.40. The zero-order chi connectivity index (χ0) is 21.5. The number of rotatable bonds is 4. The van der Waals surface area contributed by atoms with E-state index in [1.54, 1.807) is 24.3 Å². The molecule has 10 heteroatoms. The van der Waals surface area contributed by atoms with Gasteiger partial charge in [-0.2, -0.15) is 13.2 Å². The van der Waals surface area contributed by atoms with Crippen molar-refractivity contribution < 1.29 is 22.8 Å². The predicted molar refractivity (Wildman–Crippen MR) is 106 cm³/mol. The number of halogens is 4. The molecule has 1 fully saturated rings. The number of hydrogen-bond acceptors (Lipinski definition) is 3. The van der Waals surface area contributed by atoms with Gasteiger partial charge in [0.1, 0.15) is 12.4 Å². The third kappa shape index (κ3) is 4.25. The van der Waals surface area contributed by atoms with Crippen LogP contribution >= 0.6 is 11.6 Å². The van der Waals surface area contributed by atoms with Crippen LogP contribution in [0.3, 0.4) is 0 Å². The topological polar surface area (TPSA) is 78.1 Å². The molecule has 2 aromatic carbocycles. The third-order valence-electron chi connectivity index (χ3n) is 4.83. The fourth-order valence-corrected chi connectivity index (χ4v) is 3.65. The lowest BCUT2D eigenvalue weighted by atomic mass is 10.1. The van der Waals surface area contributed by atoms with Crippen LogP contribution in [0.15, 0.2) is 42.5 Å². The van der Waals surface area contributed by atoms with Crippen molar-refractivity contribution in [3.05, 3.63) is 47.5 Å². The van der Waals surface area contributed by atoms with E-state index in [0.29, 0.717) is 32.5 Å². The Morgan fingerprint density at radius 3 is 2.77 bits per heavy atom. The Morgan fingerprint density at radius 2 is 2.03 bits per heavy atom. The number of likely N-dealkylation sites (tertiary alicyclic amines) is 1. The number of amides is 2. The number of carbonyl (C=O) groups is 2. The number of carbonyl (C=O) groups excluding carboxylic acids is 2. The molecule has 2 heterocycles. The normalized spacial score (nSPS) is 17.0. The molecule has 0 bridgehead atoms. The van der Waals surface area contributed by atoms with E-state index in [1.165, 1.54) is 0 Å². The quantitative estimate of drug-likeness (QED) is 0.642. The Kier molecular flexibility index (Phi) is 5.15. The van der Waals surface area contributed by atoms with Crippen molar-refractivity contribution >= 4 is 40.1 Å². The van der Waals surface area contributed by atoms with Gasteiger partial charge in [-0.25, -0.2) is 4.98 Å². The van der Waals surface area contributed by atoms with Crippen LogP contribution in [-0.2, 0) is 9.59 Å². The monoisotopic (exact) mass is 436 g/mol. The van der Waals surface area contributed by atoms with Crippen LogP contribution in [-0.4, -0.2) is 45.9 Å². The standard InChI is InChI=1S/C20H16ClF3N4O2/c21-14-4-2-1-3-13(14)18-26-15-6-5-12(8-16(15)27-18)25-19(30)11-7-17(29)28(9-11)10-20(22,23)24/h1-6,8,11H,7,9-10H2,(H,25,30)(H,26,27). The Bertz CT molecular complexity index is 1130. The second kappa shape index (κ2) is 7.64. The van der Waals surface area contributed by atoms with Crippen molar-refractivity contribution in [1.29, 1.82) is 0 Å². The number of nitrogens with one attached hydrogen (secondary N) is 2. The molecule has 0 radical (unpaired) electrons. The van der Waals surface area contributed by atoms with Gasteiger partial charge >= 0.3 is 6.18 Å². The maximum absolute atomic E-state index is 12.5. The molecule has 0 spiro atoms. The van der Waals surface area contributed by atoms with Crippen LogP contribution in [0.4, 0.5) is 18.9 Å². The number of imidazole rings is 1. The van der Waals surface area contributed by atoms with Crippen molar-refractivity contribution in [3.8, 4) is 11.4 Å². The molecule has 2 N–H and O–H groups in total. The molecule has 156 valence electrons. The van der Waals surface area contributed by atoms with E-state index in [1.807, 2.05) is 18.2 Å². The van der Waals surface area contributed by atoms with Crippen molar-refractivity contribution in [2.24, 2.45) is 5.92 Å². The molecule has 6 nitrogen and oxygen atoms in total. The third-order valence-corrected chi connectivity index (χ3v) is 5.16. The minimum absolute atomic E-state index is 0.245. The first-order valence-corrected chi connectivity index (χ1v) is 9.47. The first-order valence-electron chi connectivity index (χ1n) is 9.10. The van der Waals surface area contributed by atoms with Gasteiger partial charge in [0.2, 0.25) is 11.8 Å². The molecular weight excluding hydrogens is 421 g/mol. The van der Waals surface area contributed by atoms with Crippen molar-refractivity contribution in [2.75, 3.05) is 18.4 Å². The lowest BCUT2D eigenvalue weighted by molar-refractivity contribution is -0.157. The van der Waals surface area contributed by atoms with E-state index in [0.717, 1.165) is 5.56 Å². The van der Waals surface area contributed by atoms with Gasteiger partial charge < -0.3 is 15.2 Å². The summed E-state index contributed by atoms with van der Waals surface area (Å²) in [6.45, 7) is -1.60. The Morgan fingerprint density at radius 1 is 1.27 bits per heavy atom.